The molecule has 0 radical (unpaired) electrons. The molecular formula is C13H15ClN2O3. The molecule has 0 aliphatic heterocycles. The van der Waals surface area contributed by atoms with Crippen LogP contribution in [0.15, 0.2) is 24.3 Å². The Morgan fingerprint density at radius 3 is 2.68 bits per heavy atom. The van der Waals surface area contributed by atoms with Crippen molar-refractivity contribution in [2.24, 2.45) is 0 Å². The van der Waals surface area contributed by atoms with E-state index in [1.165, 1.54) is 0 Å². The molecule has 1 fully saturated rings. The maximum atomic E-state index is 11.7. The van der Waals surface area contributed by atoms with Crippen molar-refractivity contribution in [3.63, 3.8) is 0 Å². The van der Waals surface area contributed by atoms with Crippen molar-refractivity contribution in [3.05, 3.63) is 34.9 Å². The first-order chi connectivity index (χ1) is 9.02. The lowest BCUT2D eigenvalue weighted by Gasteiger charge is -2.18. The summed E-state index contributed by atoms with van der Waals surface area (Å²) in [6.07, 6.45) is 1.64. The Kier molecular flexibility index (Phi) is 3.95. The van der Waals surface area contributed by atoms with Crippen LogP contribution in [-0.2, 0) is 10.3 Å². The molecule has 0 heterocycles. The van der Waals surface area contributed by atoms with Crippen LogP contribution in [0.25, 0.3) is 0 Å². The fourth-order valence-corrected chi connectivity index (χ4v) is 2.13. The molecule has 1 aromatic carbocycles. The van der Waals surface area contributed by atoms with E-state index in [0.29, 0.717) is 5.02 Å². The van der Waals surface area contributed by atoms with Crippen LogP contribution in [0.5, 0.6) is 0 Å². The number of carboxylic acids is 1. The number of nitrogens with one attached hydrogen (secondary N) is 2. The lowest BCUT2D eigenvalue weighted by atomic mass is 10.1. The highest BCUT2D eigenvalue weighted by atomic mass is 35.5. The van der Waals surface area contributed by atoms with Gasteiger partial charge in [-0.25, -0.2) is 4.79 Å². The van der Waals surface area contributed by atoms with E-state index in [1.807, 2.05) is 18.2 Å². The van der Waals surface area contributed by atoms with Gasteiger partial charge in [0.15, 0.2) is 0 Å². The normalized spacial score (nSPS) is 15.6. The first-order valence-corrected chi connectivity index (χ1v) is 6.43. The number of rotatable bonds is 5. The molecule has 0 spiro atoms. The van der Waals surface area contributed by atoms with Gasteiger partial charge >= 0.3 is 12.0 Å². The zero-order chi connectivity index (χ0) is 13.9. The van der Waals surface area contributed by atoms with Crippen LogP contribution in [0, 0.1) is 0 Å². The molecule has 19 heavy (non-hydrogen) atoms. The van der Waals surface area contributed by atoms with Gasteiger partial charge in [0.2, 0.25) is 0 Å². The van der Waals surface area contributed by atoms with E-state index in [1.54, 1.807) is 6.07 Å². The summed E-state index contributed by atoms with van der Waals surface area (Å²) in [7, 11) is 0. The van der Waals surface area contributed by atoms with E-state index in [4.69, 9.17) is 16.7 Å². The smallest absolute Gasteiger partial charge is 0.315 e. The summed E-state index contributed by atoms with van der Waals surface area (Å²) < 4.78 is 0. The van der Waals surface area contributed by atoms with Crippen LogP contribution < -0.4 is 10.6 Å². The number of hydrogen-bond donors (Lipinski definition) is 3. The topological polar surface area (TPSA) is 78.4 Å². The fraction of sp³-hybridized carbons (Fsp3) is 0.385. The maximum absolute atomic E-state index is 11.7. The van der Waals surface area contributed by atoms with Crippen LogP contribution in [-0.4, -0.2) is 23.7 Å². The van der Waals surface area contributed by atoms with Crippen molar-refractivity contribution in [2.45, 2.75) is 24.8 Å². The van der Waals surface area contributed by atoms with Gasteiger partial charge < -0.3 is 15.7 Å². The van der Waals surface area contributed by atoms with Crippen molar-refractivity contribution < 1.29 is 14.7 Å². The quantitative estimate of drug-likeness (QED) is 0.774. The minimum atomic E-state index is -0.934. The number of carbonyl (C=O) groups is 2. The van der Waals surface area contributed by atoms with Crippen molar-refractivity contribution in [1.29, 1.82) is 0 Å². The molecule has 2 rings (SSSR count). The lowest BCUT2D eigenvalue weighted by molar-refractivity contribution is -0.136. The summed E-state index contributed by atoms with van der Waals surface area (Å²) in [6.45, 7) is 0.118. The SMILES string of the molecule is O=C(O)CCNC(=O)NC1(c2cccc(Cl)c2)CC1. The summed E-state index contributed by atoms with van der Waals surface area (Å²) in [5.74, 6) is -0.934. The molecule has 2 amide bonds. The number of aliphatic carboxylic acids is 1. The first kappa shape index (κ1) is 13.7. The number of halogens is 1. The summed E-state index contributed by atoms with van der Waals surface area (Å²) >= 11 is 5.94. The van der Waals surface area contributed by atoms with E-state index in [-0.39, 0.29) is 24.5 Å². The van der Waals surface area contributed by atoms with Crippen molar-refractivity contribution in [2.75, 3.05) is 6.54 Å². The zero-order valence-corrected chi connectivity index (χ0v) is 11.0. The fourth-order valence-electron chi connectivity index (χ4n) is 1.94. The predicted octanol–water partition coefficient (Wildman–Crippen LogP) is 2.10. The van der Waals surface area contributed by atoms with Gasteiger partial charge in [-0.05, 0) is 30.5 Å². The van der Waals surface area contributed by atoms with Crippen LogP contribution >= 0.6 is 11.6 Å². The highest BCUT2D eigenvalue weighted by Crippen LogP contribution is 2.45. The van der Waals surface area contributed by atoms with E-state index in [2.05, 4.69) is 10.6 Å². The molecule has 3 N–H and O–H groups in total. The Labute approximate surface area is 116 Å². The van der Waals surface area contributed by atoms with Gasteiger partial charge in [-0.3, -0.25) is 4.79 Å². The second-order valence-electron chi connectivity index (χ2n) is 4.62. The summed E-state index contributed by atoms with van der Waals surface area (Å²) in [5.41, 5.74) is 0.631. The third-order valence-corrected chi connectivity index (χ3v) is 3.34. The van der Waals surface area contributed by atoms with Gasteiger partial charge in [-0.2, -0.15) is 0 Å². The molecule has 5 nitrogen and oxygen atoms in total. The largest absolute Gasteiger partial charge is 0.481 e. The molecule has 0 atom stereocenters. The number of urea groups is 1. The first-order valence-electron chi connectivity index (χ1n) is 6.06. The second-order valence-corrected chi connectivity index (χ2v) is 5.05. The van der Waals surface area contributed by atoms with Gasteiger partial charge in [-0.15, -0.1) is 0 Å². The standard InChI is InChI=1S/C13H15ClN2O3/c14-10-3-1-2-9(8-10)13(5-6-13)16-12(19)15-7-4-11(17)18/h1-3,8H,4-7H2,(H,17,18)(H2,15,16,19). The average molecular weight is 283 g/mol. The minimum Gasteiger partial charge on any atom is -0.481 e. The lowest BCUT2D eigenvalue weighted by Crippen LogP contribution is -2.42. The van der Waals surface area contributed by atoms with E-state index < -0.39 is 5.97 Å². The molecular weight excluding hydrogens is 268 g/mol. The Morgan fingerprint density at radius 2 is 2.11 bits per heavy atom. The monoisotopic (exact) mass is 282 g/mol. The van der Waals surface area contributed by atoms with Crippen LogP contribution in [0.4, 0.5) is 4.79 Å². The third kappa shape index (κ3) is 3.61. The number of carbonyl (C=O) groups excluding carboxylic acids is 1. The third-order valence-electron chi connectivity index (χ3n) is 3.10. The van der Waals surface area contributed by atoms with Gasteiger partial charge in [0, 0.05) is 11.6 Å². The van der Waals surface area contributed by atoms with Crippen LogP contribution in [0.1, 0.15) is 24.8 Å². The summed E-state index contributed by atoms with van der Waals surface area (Å²) in [4.78, 5) is 22.0. The molecule has 6 heteroatoms. The van der Waals surface area contributed by atoms with Crippen molar-refractivity contribution in [3.8, 4) is 0 Å². The molecule has 0 bridgehead atoms. The highest BCUT2D eigenvalue weighted by molar-refractivity contribution is 6.30. The van der Waals surface area contributed by atoms with Gasteiger partial charge in [0.25, 0.3) is 0 Å². The summed E-state index contributed by atoms with van der Waals surface area (Å²) in [6, 6.07) is 7.05. The zero-order valence-electron chi connectivity index (χ0n) is 10.3. The summed E-state index contributed by atoms with van der Waals surface area (Å²) in [5, 5.41) is 14.5. The Hall–Kier alpha value is -1.75. The van der Waals surface area contributed by atoms with E-state index in [0.717, 1.165) is 18.4 Å². The van der Waals surface area contributed by atoms with Crippen molar-refractivity contribution in [1.82, 2.24) is 10.6 Å². The molecule has 1 aliphatic carbocycles. The minimum absolute atomic E-state index is 0.0857. The van der Waals surface area contributed by atoms with Gasteiger partial charge in [0.05, 0.1) is 12.0 Å². The predicted molar refractivity (Wildman–Crippen MR) is 71.2 cm³/mol. The maximum Gasteiger partial charge on any atom is 0.315 e. The molecule has 102 valence electrons. The highest BCUT2D eigenvalue weighted by Gasteiger charge is 2.45. The number of benzene rings is 1. The van der Waals surface area contributed by atoms with Crippen LogP contribution in [0.2, 0.25) is 5.02 Å². The molecule has 0 unspecified atom stereocenters. The van der Waals surface area contributed by atoms with E-state index >= 15 is 0 Å². The van der Waals surface area contributed by atoms with Crippen molar-refractivity contribution >= 4 is 23.6 Å². The molecule has 1 aromatic rings. The Balaban J connectivity index is 1.91. The molecule has 0 aromatic heterocycles. The van der Waals surface area contributed by atoms with Crippen LogP contribution in [0.3, 0.4) is 0 Å². The number of carboxylic acid groups (broad SMARTS) is 1. The van der Waals surface area contributed by atoms with E-state index in [9.17, 15) is 9.59 Å². The number of hydrogen-bond acceptors (Lipinski definition) is 2. The number of amides is 2. The Morgan fingerprint density at radius 1 is 1.37 bits per heavy atom. The Bertz CT molecular complexity index is 500. The average Bonchev–Trinajstić information content (AvgIpc) is 3.09. The molecule has 1 saturated carbocycles. The molecule has 0 saturated heterocycles. The van der Waals surface area contributed by atoms with Gasteiger partial charge in [-0.1, -0.05) is 23.7 Å². The van der Waals surface area contributed by atoms with Gasteiger partial charge in [0.1, 0.15) is 0 Å². The second kappa shape index (κ2) is 5.48. The molecule has 1 aliphatic rings.